The molecule has 2 aromatic rings. The number of nitrogens with one attached hydrogen (secondary N) is 1. The molecule has 7 nitrogen and oxygen atoms in total. The lowest BCUT2D eigenvalue weighted by molar-refractivity contribution is -0.275. The van der Waals surface area contributed by atoms with Gasteiger partial charge in [0.05, 0.1) is 11.9 Å². The maximum atomic E-state index is 12.4. The first-order valence-electron chi connectivity index (χ1n) is 7.02. The summed E-state index contributed by atoms with van der Waals surface area (Å²) in [5, 5.41) is 11.8. The number of alkyl halides is 3. The second kappa shape index (κ2) is 7.11. The zero-order chi connectivity index (χ0) is 19.7. The van der Waals surface area contributed by atoms with Crippen LogP contribution in [0.1, 0.15) is 22.8 Å². The van der Waals surface area contributed by atoms with Crippen LogP contribution in [0.2, 0.25) is 0 Å². The van der Waals surface area contributed by atoms with E-state index < -0.39 is 33.6 Å². The number of benzene rings is 1. The molecule has 0 radical (unpaired) electrons. The SMILES string of the molecule is CCS(=O)(=O)c1cnc(NC(=O)c2cc(OC(F)(F)F)c(O)cc2C)s1. The van der Waals surface area contributed by atoms with Gasteiger partial charge in [-0.05, 0) is 24.6 Å². The van der Waals surface area contributed by atoms with Crippen LogP contribution in [0.5, 0.6) is 11.5 Å². The maximum Gasteiger partial charge on any atom is 0.573 e. The first-order chi connectivity index (χ1) is 11.9. The molecule has 26 heavy (non-hydrogen) atoms. The van der Waals surface area contributed by atoms with Crippen LogP contribution < -0.4 is 10.1 Å². The topological polar surface area (TPSA) is 106 Å². The molecule has 0 saturated carbocycles. The van der Waals surface area contributed by atoms with Crippen molar-refractivity contribution in [1.29, 1.82) is 0 Å². The van der Waals surface area contributed by atoms with E-state index in [-0.39, 0.29) is 26.2 Å². The number of aromatic hydroxyl groups is 1. The van der Waals surface area contributed by atoms with Crippen molar-refractivity contribution in [3.05, 3.63) is 29.5 Å². The number of carbonyl (C=O) groups excluding carboxylic acids is 1. The lowest BCUT2D eigenvalue weighted by atomic mass is 10.1. The van der Waals surface area contributed by atoms with Gasteiger partial charge in [-0.3, -0.25) is 10.1 Å². The average molecular weight is 410 g/mol. The molecular formula is C14H13F3N2O5S2. The molecule has 0 fully saturated rings. The van der Waals surface area contributed by atoms with Gasteiger partial charge in [-0.2, -0.15) is 0 Å². The summed E-state index contributed by atoms with van der Waals surface area (Å²) in [5.74, 6) is -2.68. The molecule has 0 atom stereocenters. The predicted molar refractivity (Wildman–Crippen MR) is 87.3 cm³/mol. The Hall–Kier alpha value is -2.34. The highest BCUT2D eigenvalue weighted by Crippen LogP contribution is 2.34. The van der Waals surface area contributed by atoms with Crippen molar-refractivity contribution in [2.75, 3.05) is 11.1 Å². The van der Waals surface area contributed by atoms with Crippen LogP contribution in [0, 0.1) is 6.92 Å². The summed E-state index contributed by atoms with van der Waals surface area (Å²) in [4.78, 5) is 16.1. The van der Waals surface area contributed by atoms with E-state index in [1.165, 1.54) is 13.8 Å². The van der Waals surface area contributed by atoms with Gasteiger partial charge in [-0.1, -0.05) is 18.3 Å². The molecule has 0 spiro atoms. The van der Waals surface area contributed by atoms with E-state index in [9.17, 15) is 31.5 Å². The number of anilines is 1. The number of phenolic OH excluding ortho intramolecular Hbond substituents is 1. The second-order valence-electron chi connectivity index (χ2n) is 5.02. The van der Waals surface area contributed by atoms with E-state index in [1.54, 1.807) is 0 Å². The number of aromatic nitrogens is 1. The van der Waals surface area contributed by atoms with Crippen molar-refractivity contribution in [2.45, 2.75) is 24.4 Å². The molecule has 1 amide bonds. The maximum absolute atomic E-state index is 12.4. The summed E-state index contributed by atoms with van der Waals surface area (Å²) in [6.45, 7) is 2.86. The van der Waals surface area contributed by atoms with Gasteiger partial charge in [0.15, 0.2) is 26.5 Å². The van der Waals surface area contributed by atoms with Crippen molar-refractivity contribution in [3.8, 4) is 11.5 Å². The van der Waals surface area contributed by atoms with Crippen LogP contribution >= 0.6 is 11.3 Å². The number of carbonyl (C=O) groups is 1. The Morgan fingerprint density at radius 1 is 1.38 bits per heavy atom. The largest absolute Gasteiger partial charge is 0.573 e. The molecule has 1 aromatic carbocycles. The normalized spacial score (nSPS) is 12.0. The molecule has 0 saturated heterocycles. The molecule has 1 heterocycles. The van der Waals surface area contributed by atoms with Gasteiger partial charge in [0.1, 0.15) is 4.21 Å². The van der Waals surface area contributed by atoms with Crippen LogP contribution in [-0.2, 0) is 9.84 Å². The zero-order valence-electron chi connectivity index (χ0n) is 13.4. The minimum atomic E-state index is -5.04. The standard InChI is InChI=1S/C14H13F3N2O5S2/c1-3-26(22,23)11-6-18-13(25-11)19-12(21)8-5-10(24-14(15,16)17)9(20)4-7(8)2/h4-6,20H,3H2,1-2H3,(H,18,19,21). The third kappa shape index (κ3) is 4.64. The first-order valence-corrected chi connectivity index (χ1v) is 9.49. The summed E-state index contributed by atoms with van der Waals surface area (Å²) in [6.07, 6.45) is -3.96. The van der Waals surface area contributed by atoms with Gasteiger partial charge >= 0.3 is 6.36 Å². The fraction of sp³-hybridized carbons (Fsp3) is 0.286. The Labute approximate surface area is 150 Å². The van der Waals surface area contributed by atoms with Gasteiger partial charge in [-0.15, -0.1) is 13.2 Å². The van der Waals surface area contributed by atoms with E-state index in [4.69, 9.17) is 0 Å². The molecule has 1 aromatic heterocycles. The predicted octanol–water partition coefficient (Wildman–Crippen LogP) is 3.10. The highest BCUT2D eigenvalue weighted by molar-refractivity contribution is 7.93. The summed E-state index contributed by atoms with van der Waals surface area (Å²) in [5.41, 5.74) is -0.00960. The molecular weight excluding hydrogens is 397 g/mol. The Bertz CT molecular complexity index is 939. The highest BCUT2D eigenvalue weighted by atomic mass is 32.2. The van der Waals surface area contributed by atoms with Gasteiger partial charge in [0.2, 0.25) is 0 Å². The number of hydrogen-bond donors (Lipinski definition) is 2. The lowest BCUT2D eigenvalue weighted by Gasteiger charge is -2.13. The molecule has 0 unspecified atom stereocenters. The van der Waals surface area contributed by atoms with Crippen molar-refractivity contribution in [2.24, 2.45) is 0 Å². The first kappa shape index (κ1) is 20.0. The van der Waals surface area contributed by atoms with Crippen molar-refractivity contribution in [3.63, 3.8) is 0 Å². The van der Waals surface area contributed by atoms with Crippen LogP contribution in [0.4, 0.5) is 18.3 Å². The monoisotopic (exact) mass is 410 g/mol. The van der Waals surface area contributed by atoms with Crippen LogP contribution in [0.3, 0.4) is 0 Å². The van der Waals surface area contributed by atoms with Crippen molar-refractivity contribution >= 4 is 32.2 Å². The Kier molecular flexibility index (Phi) is 5.47. The summed E-state index contributed by atoms with van der Waals surface area (Å²) in [7, 11) is -3.49. The molecule has 2 N–H and O–H groups in total. The van der Waals surface area contributed by atoms with E-state index in [1.807, 2.05) is 0 Å². The van der Waals surface area contributed by atoms with Gasteiger partial charge in [0.25, 0.3) is 5.91 Å². The van der Waals surface area contributed by atoms with Crippen LogP contribution in [-0.4, -0.2) is 36.5 Å². The smallest absolute Gasteiger partial charge is 0.504 e. The third-order valence-corrected chi connectivity index (χ3v) is 6.37. The molecule has 0 aliphatic rings. The van der Waals surface area contributed by atoms with E-state index in [2.05, 4.69) is 15.0 Å². The summed E-state index contributed by atoms with van der Waals surface area (Å²) >= 11 is 0.719. The number of rotatable bonds is 5. The number of amides is 1. The quantitative estimate of drug-likeness (QED) is 0.785. The highest BCUT2D eigenvalue weighted by Gasteiger charge is 2.33. The van der Waals surface area contributed by atoms with E-state index in [0.717, 1.165) is 29.7 Å². The molecule has 142 valence electrons. The molecule has 12 heteroatoms. The van der Waals surface area contributed by atoms with Crippen molar-refractivity contribution < 1.29 is 36.2 Å². The fourth-order valence-corrected chi connectivity index (χ4v) is 4.03. The lowest BCUT2D eigenvalue weighted by Crippen LogP contribution is -2.18. The Balaban J connectivity index is 2.29. The number of thiazole rings is 1. The average Bonchev–Trinajstić information content (AvgIpc) is 2.98. The van der Waals surface area contributed by atoms with Crippen LogP contribution in [0.25, 0.3) is 0 Å². The van der Waals surface area contributed by atoms with Gasteiger partial charge in [-0.25, -0.2) is 13.4 Å². The summed E-state index contributed by atoms with van der Waals surface area (Å²) in [6, 6.07) is 1.69. The van der Waals surface area contributed by atoms with Crippen LogP contribution in [0.15, 0.2) is 22.5 Å². The van der Waals surface area contributed by atoms with Crippen molar-refractivity contribution in [1.82, 2.24) is 4.98 Å². The Morgan fingerprint density at radius 2 is 2.04 bits per heavy atom. The third-order valence-electron chi connectivity index (χ3n) is 3.17. The molecule has 2 rings (SSSR count). The molecule has 0 aliphatic carbocycles. The number of halogens is 3. The van der Waals surface area contributed by atoms with Gasteiger partial charge in [0, 0.05) is 5.56 Å². The van der Waals surface area contributed by atoms with Gasteiger partial charge < -0.3 is 9.84 Å². The number of ether oxygens (including phenoxy) is 1. The number of nitrogens with zero attached hydrogens (tertiary/aromatic N) is 1. The number of phenols is 1. The van der Waals surface area contributed by atoms with E-state index in [0.29, 0.717) is 0 Å². The number of aryl methyl sites for hydroxylation is 1. The number of sulfone groups is 1. The second-order valence-corrected chi connectivity index (χ2v) is 8.56. The van der Waals surface area contributed by atoms with E-state index >= 15 is 0 Å². The minimum absolute atomic E-state index is 0.0345. The fourth-order valence-electron chi connectivity index (χ4n) is 1.89. The molecule has 0 aliphatic heterocycles. The number of hydrogen-bond acceptors (Lipinski definition) is 7. The Morgan fingerprint density at radius 3 is 2.62 bits per heavy atom. The molecule has 0 bridgehead atoms. The minimum Gasteiger partial charge on any atom is -0.504 e. The zero-order valence-corrected chi connectivity index (χ0v) is 15.0. The summed E-state index contributed by atoms with van der Waals surface area (Å²) < 4.78 is 64.2.